The minimum absolute atomic E-state index is 0.330. The van der Waals surface area contributed by atoms with Crippen molar-refractivity contribution in [2.75, 3.05) is 11.4 Å². The van der Waals surface area contributed by atoms with Crippen LogP contribution in [-0.4, -0.2) is 17.7 Å². The number of rotatable bonds is 5. The smallest absolute Gasteiger partial charge is 0.0787 e. The number of benzene rings is 1. The summed E-state index contributed by atoms with van der Waals surface area (Å²) in [5.74, 6) is 0. The van der Waals surface area contributed by atoms with E-state index in [1.807, 2.05) is 19.1 Å². The molecule has 2 nitrogen and oxygen atoms in total. The Bertz CT molecular complexity index is 305. The Balaban J connectivity index is 2.85. The second-order valence-corrected chi connectivity index (χ2v) is 4.40. The highest BCUT2D eigenvalue weighted by atomic mass is 16.3. The van der Waals surface area contributed by atoms with E-state index in [4.69, 9.17) is 0 Å². The lowest BCUT2D eigenvalue weighted by molar-refractivity contribution is 0.173. The maximum absolute atomic E-state index is 9.71. The van der Waals surface area contributed by atoms with Crippen LogP contribution in [-0.2, 0) is 0 Å². The van der Waals surface area contributed by atoms with Crippen molar-refractivity contribution in [1.29, 1.82) is 0 Å². The van der Waals surface area contributed by atoms with Gasteiger partial charge in [-0.1, -0.05) is 19.1 Å². The quantitative estimate of drug-likeness (QED) is 0.824. The molecule has 1 N–H and O–H groups in total. The SMILES string of the molecule is CCC(O)c1ccc(N(CC)C(C)C)cc1. The molecule has 0 amide bonds. The van der Waals surface area contributed by atoms with Crippen LogP contribution in [0.15, 0.2) is 24.3 Å². The summed E-state index contributed by atoms with van der Waals surface area (Å²) >= 11 is 0. The molecule has 0 saturated heterocycles. The number of anilines is 1. The lowest BCUT2D eigenvalue weighted by atomic mass is 10.1. The molecule has 0 fully saturated rings. The lowest BCUT2D eigenvalue weighted by Gasteiger charge is -2.27. The van der Waals surface area contributed by atoms with E-state index in [1.54, 1.807) is 0 Å². The molecule has 0 bridgehead atoms. The van der Waals surface area contributed by atoms with E-state index in [9.17, 15) is 5.11 Å². The van der Waals surface area contributed by atoms with Crippen molar-refractivity contribution in [3.8, 4) is 0 Å². The Hall–Kier alpha value is -1.02. The zero-order valence-electron chi connectivity index (χ0n) is 10.8. The molecule has 2 heteroatoms. The average molecular weight is 221 g/mol. The van der Waals surface area contributed by atoms with E-state index in [0.717, 1.165) is 18.5 Å². The number of aliphatic hydroxyl groups excluding tert-OH is 1. The van der Waals surface area contributed by atoms with E-state index >= 15 is 0 Å². The van der Waals surface area contributed by atoms with E-state index in [-0.39, 0.29) is 6.10 Å². The van der Waals surface area contributed by atoms with Crippen molar-refractivity contribution < 1.29 is 5.11 Å². The van der Waals surface area contributed by atoms with Gasteiger partial charge in [-0.2, -0.15) is 0 Å². The topological polar surface area (TPSA) is 23.5 Å². The second kappa shape index (κ2) is 5.90. The molecule has 16 heavy (non-hydrogen) atoms. The maximum Gasteiger partial charge on any atom is 0.0787 e. The maximum atomic E-state index is 9.71. The zero-order chi connectivity index (χ0) is 12.1. The third-order valence-corrected chi connectivity index (χ3v) is 2.96. The fourth-order valence-corrected chi connectivity index (χ4v) is 1.97. The molecule has 0 spiro atoms. The first kappa shape index (κ1) is 13.0. The number of hydrogen-bond donors (Lipinski definition) is 1. The van der Waals surface area contributed by atoms with Crippen LogP contribution in [0.1, 0.15) is 45.8 Å². The molecule has 90 valence electrons. The van der Waals surface area contributed by atoms with Gasteiger partial charge >= 0.3 is 0 Å². The molecule has 1 aromatic carbocycles. The molecular weight excluding hydrogens is 198 g/mol. The van der Waals surface area contributed by atoms with Crippen molar-refractivity contribution in [2.45, 2.75) is 46.3 Å². The summed E-state index contributed by atoms with van der Waals surface area (Å²) in [5, 5.41) is 9.71. The standard InChI is InChI=1S/C14H23NO/c1-5-14(16)12-7-9-13(10-8-12)15(6-2)11(3)4/h7-11,14,16H,5-6H2,1-4H3. The third kappa shape index (κ3) is 2.99. The number of aliphatic hydroxyl groups is 1. The molecule has 1 aromatic rings. The molecule has 0 aliphatic heterocycles. The molecule has 0 radical (unpaired) electrons. The summed E-state index contributed by atoms with van der Waals surface area (Å²) in [4.78, 5) is 2.34. The highest BCUT2D eigenvalue weighted by molar-refractivity contribution is 5.48. The summed E-state index contributed by atoms with van der Waals surface area (Å²) < 4.78 is 0. The first-order valence-corrected chi connectivity index (χ1v) is 6.14. The van der Waals surface area contributed by atoms with Crippen molar-refractivity contribution in [3.05, 3.63) is 29.8 Å². The average Bonchev–Trinajstić information content (AvgIpc) is 2.29. The predicted octanol–water partition coefficient (Wildman–Crippen LogP) is 3.36. The first-order valence-electron chi connectivity index (χ1n) is 6.14. The van der Waals surface area contributed by atoms with Crippen LogP contribution in [0.2, 0.25) is 0 Å². The van der Waals surface area contributed by atoms with E-state index < -0.39 is 0 Å². The molecule has 0 saturated carbocycles. The molecule has 1 rings (SSSR count). The van der Waals surface area contributed by atoms with Gasteiger partial charge in [-0.3, -0.25) is 0 Å². The molecule has 0 aliphatic rings. The van der Waals surface area contributed by atoms with E-state index in [0.29, 0.717) is 6.04 Å². The van der Waals surface area contributed by atoms with Gasteiger partial charge in [0.15, 0.2) is 0 Å². The van der Waals surface area contributed by atoms with Gasteiger partial charge in [0.2, 0.25) is 0 Å². The molecule has 0 heterocycles. The minimum atomic E-state index is -0.330. The predicted molar refractivity (Wildman–Crippen MR) is 69.8 cm³/mol. The van der Waals surface area contributed by atoms with Gasteiger partial charge in [0.1, 0.15) is 0 Å². The lowest BCUT2D eigenvalue weighted by Crippen LogP contribution is -2.30. The van der Waals surface area contributed by atoms with Crippen molar-refractivity contribution >= 4 is 5.69 Å². The van der Waals surface area contributed by atoms with Gasteiger partial charge in [-0.15, -0.1) is 0 Å². The number of hydrogen-bond acceptors (Lipinski definition) is 2. The Labute approximate surface area is 98.9 Å². The zero-order valence-corrected chi connectivity index (χ0v) is 10.8. The van der Waals surface area contributed by atoms with Gasteiger partial charge in [0.25, 0.3) is 0 Å². The van der Waals surface area contributed by atoms with Crippen molar-refractivity contribution in [3.63, 3.8) is 0 Å². The second-order valence-electron chi connectivity index (χ2n) is 4.40. The van der Waals surface area contributed by atoms with Crippen LogP contribution in [0.25, 0.3) is 0 Å². The van der Waals surface area contributed by atoms with Gasteiger partial charge < -0.3 is 10.0 Å². The van der Waals surface area contributed by atoms with E-state index in [1.165, 1.54) is 5.69 Å². The summed E-state index contributed by atoms with van der Waals surface area (Å²) in [7, 11) is 0. The Morgan fingerprint density at radius 2 is 1.69 bits per heavy atom. The normalized spacial score (nSPS) is 12.9. The summed E-state index contributed by atoms with van der Waals surface area (Å²) in [6, 6.07) is 8.74. The fourth-order valence-electron chi connectivity index (χ4n) is 1.97. The molecule has 1 unspecified atom stereocenters. The Morgan fingerprint density at radius 3 is 2.06 bits per heavy atom. The molecule has 0 aromatic heterocycles. The molecular formula is C14H23NO. The van der Waals surface area contributed by atoms with Gasteiger partial charge in [0, 0.05) is 18.3 Å². The largest absolute Gasteiger partial charge is 0.388 e. The summed E-state index contributed by atoms with van der Waals surface area (Å²) in [5.41, 5.74) is 2.23. The highest BCUT2D eigenvalue weighted by Gasteiger charge is 2.09. The first-order chi connectivity index (χ1) is 7.60. The highest BCUT2D eigenvalue weighted by Crippen LogP contribution is 2.22. The fraction of sp³-hybridized carbons (Fsp3) is 0.571. The Kier molecular flexibility index (Phi) is 4.81. The summed E-state index contributed by atoms with van der Waals surface area (Å²) in [6.07, 6.45) is 0.435. The van der Waals surface area contributed by atoms with E-state index in [2.05, 4.69) is 37.8 Å². The van der Waals surface area contributed by atoms with Gasteiger partial charge in [0.05, 0.1) is 6.10 Å². The molecule has 0 aliphatic carbocycles. The van der Waals surface area contributed by atoms with Crippen LogP contribution in [0.5, 0.6) is 0 Å². The van der Waals surface area contributed by atoms with Crippen LogP contribution in [0.3, 0.4) is 0 Å². The minimum Gasteiger partial charge on any atom is -0.388 e. The van der Waals surface area contributed by atoms with Crippen LogP contribution < -0.4 is 4.90 Å². The van der Waals surface area contributed by atoms with Crippen LogP contribution in [0, 0.1) is 0 Å². The van der Waals surface area contributed by atoms with Crippen LogP contribution in [0.4, 0.5) is 5.69 Å². The number of nitrogens with zero attached hydrogens (tertiary/aromatic N) is 1. The van der Waals surface area contributed by atoms with Gasteiger partial charge in [-0.25, -0.2) is 0 Å². The van der Waals surface area contributed by atoms with Gasteiger partial charge in [-0.05, 0) is 44.9 Å². The summed E-state index contributed by atoms with van der Waals surface area (Å²) in [6.45, 7) is 9.55. The van der Waals surface area contributed by atoms with Crippen molar-refractivity contribution in [2.24, 2.45) is 0 Å². The monoisotopic (exact) mass is 221 g/mol. The van der Waals surface area contributed by atoms with Crippen molar-refractivity contribution in [1.82, 2.24) is 0 Å². The third-order valence-electron chi connectivity index (χ3n) is 2.96. The van der Waals surface area contributed by atoms with Crippen LogP contribution >= 0.6 is 0 Å². The Morgan fingerprint density at radius 1 is 1.12 bits per heavy atom. The molecule has 1 atom stereocenters.